The number of rotatable bonds is 2. The van der Waals surface area contributed by atoms with Crippen molar-refractivity contribution in [3.8, 4) is 34.1 Å². The number of allylic oxidation sites excluding steroid dienone is 1. The number of ether oxygens (including phenoxy) is 2. The molecule has 2 aliphatic rings. The second-order valence-electron chi connectivity index (χ2n) is 8.58. The molecule has 0 radical (unpaired) electrons. The number of hydrogen-bond donors (Lipinski definition) is 0. The van der Waals surface area contributed by atoms with Gasteiger partial charge < -0.3 is 13.9 Å². The fourth-order valence-electron chi connectivity index (χ4n) is 4.92. The van der Waals surface area contributed by atoms with Crippen LogP contribution in [0, 0.1) is 0 Å². The topological polar surface area (TPSA) is 48.7 Å². The van der Waals surface area contributed by atoms with E-state index in [4.69, 9.17) is 25.5 Å². The SMILES string of the molecule is O=C1C=CC2(Oc3cccc4cccc(c34)O2)c2cccc(-c3ccc(-c4cccc(Cl)c4)o3)c21. The lowest BCUT2D eigenvalue weighted by Gasteiger charge is -2.39. The van der Waals surface area contributed by atoms with Gasteiger partial charge in [0.05, 0.1) is 10.9 Å². The lowest BCUT2D eigenvalue weighted by Crippen LogP contribution is -2.42. The van der Waals surface area contributed by atoms with Crippen molar-refractivity contribution in [2.75, 3.05) is 0 Å². The number of furan rings is 1. The highest BCUT2D eigenvalue weighted by Gasteiger charge is 2.45. The predicted molar refractivity (Wildman–Crippen MR) is 135 cm³/mol. The van der Waals surface area contributed by atoms with Crippen LogP contribution in [0.1, 0.15) is 15.9 Å². The molecule has 0 saturated carbocycles. The zero-order valence-electron chi connectivity index (χ0n) is 18.3. The van der Waals surface area contributed by atoms with Crippen molar-refractivity contribution in [1.82, 2.24) is 0 Å². The summed E-state index contributed by atoms with van der Waals surface area (Å²) < 4.78 is 19.1. The van der Waals surface area contributed by atoms with Gasteiger partial charge in [-0.25, -0.2) is 0 Å². The number of carbonyl (C=O) groups is 1. The van der Waals surface area contributed by atoms with E-state index in [9.17, 15) is 4.79 Å². The summed E-state index contributed by atoms with van der Waals surface area (Å²) in [5.41, 5.74) is 2.66. The summed E-state index contributed by atoms with van der Waals surface area (Å²) in [5, 5.41) is 2.58. The first-order valence-electron chi connectivity index (χ1n) is 11.2. The highest BCUT2D eigenvalue weighted by atomic mass is 35.5. The zero-order valence-corrected chi connectivity index (χ0v) is 19.1. The van der Waals surface area contributed by atoms with Crippen molar-refractivity contribution in [2.24, 2.45) is 0 Å². The van der Waals surface area contributed by atoms with Crippen molar-refractivity contribution in [3.63, 3.8) is 0 Å². The summed E-state index contributed by atoms with van der Waals surface area (Å²) >= 11 is 6.16. The minimum absolute atomic E-state index is 0.133. The van der Waals surface area contributed by atoms with Gasteiger partial charge in [0, 0.05) is 27.8 Å². The standard InChI is InChI=1S/C30H17ClO4/c31-20-8-1-7-19(17-20)24-13-14-25(33-24)21-9-4-10-22-29(21)23(32)15-16-30(22)34-26-11-2-5-18-6-3-12-27(35-30)28(18)26/h1-17H. The van der Waals surface area contributed by atoms with Gasteiger partial charge in [0.25, 0.3) is 5.79 Å². The van der Waals surface area contributed by atoms with Crippen LogP contribution in [0.5, 0.6) is 11.5 Å². The number of hydrogen-bond acceptors (Lipinski definition) is 4. The highest BCUT2D eigenvalue weighted by molar-refractivity contribution is 6.30. The molecular formula is C30H17ClO4. The molecule has 0 saturated heterocycles. The van der Waals surface area contributed by atoms with Crippen molar-refractivity contribution < 1.29 is 18.7 Å². The molecule has 1 spiro atoms. The first-order chi connectivity index (χ1) is 17.1. The van der Waals surface area contributed by atoms with Gasteiger partial charge in [-0.3, -0.25) is 4.79 Å². The Bertz CT molecular complexity index is 1650. The number of benzene rings is 4. The van der Waals surface area contributed by atoms with Gasteiger partial charge in [0.2, 0.25) is 0 Å². The summed E-state index contributed by atoms with van der Waals surface area (Å²) in [5.74, 6) is 1.27. The molecule has 0 atom stereocenters. The monoisotopic (exact) mass is 476 g/mol. The Hall–Kier alpha value is -4.28. The van der Waals surface area contributed by atoms with Crippen molar-refractivity contribution >= 4 is 28.2 Å². The summed E-state index contributed by atoms with van der Waals surface area (Å²) in [6.45, 7) is 0. The lowest BCUT2D eigenvalue weighted by molar-refractivity contribution is -0.0838. The Kier molecular flexibility index (Phi) is 4.23. The summed E-state index contributed by atoms with van der Waals surface area (Å²) in [6, 6.07) is 28.6. The number of ketones is 1. The summed E-state index contributed by atoms with van der Waals surface area (Å²) in [7, 11) is 0. The van der Waals surface area contributed by atoms with Gasteiger partial charge in [-0.2, -0.15) is 0 Å². The van der Waals surface area contributed by atoms with E-state index in [0.717, 1.165) is 16.3 Å². The van der Waals surface area contributed by atoms with E-state index in [1.165, 1.54) is 6.08 Å². The van der Waals surface area contributed by atoms with E-state index in [2.05, 4.69) is 0 Å². The molecule has 1 aliphatic carbocycles. The molecule has 0 fully saturated rings. The fraction of sp³-hybridized carbons (Fsp3) is 0.0333. The Morgan fingerprint density at radius 2 is 1.46 bits per heavy atom. The largest absolute Gasteiger partial charge is 0.456 e. The van der Waals surface area contributed by atoms with E-state index in [1.807, 2.05) is 91.0 Å². The normalized spacial score (nSPS) is 15.1. The quantitative estimate of drug-likeness (QED) is 0.261. The van der Waals surface area contributed by atoms with Gasteiger partial charge in [0.1, 0.15) is 23.0 Å². The van der Waals surface area contributed by atoms with Gasteiger partial charge in [-0.15, -0.1) is 0 Å². The zero-order chi connectivity index (χ0) is 23.6. The van der Waals surface area contributed by atoms with E-state index in [0.29, 0.717) is 44.7 Å². The molecule has 4 aromatic carbocycles. The van der Waals surface area contributed by atoms with Gasteiger partial charge in [0.15, 0.2) is 5.78 Å². The average molecular weight is 477 g/mol. The first-order valence-corrected chi connectivity index (χ1v) is 11.6. The predicted octanol–water partition coefficient (Wildman–Crippen LogP) is 7.80. The Morgan fingerprint density at radius 3 is 2.23 bits per heavy atom. The highest BCUT2D eigenvalue weighted by Crippen LogP contribution is 2.48. The fourth-order valence-corrected chi connectivity index (χ4v) is 5.11. The van der Waals surface area contributed by atoms with E-state index < -0.39 is 5.79 Å². The van der Waals surface area contributed by atoms with Gasteiger partial charge >= 0.3 is 0 Å². The van der Waals surface area contributed by atoms with Crippen LogP contribution < -0.4 is 9.47 Å². The first kappa shape index (κ1) is 20.1. The number of fused-ring (bicyclic) bond motifs is 2. The molecule has 168 valence electrons. The summed E-state index contributed by atoms with van der Waals surface area (Å²) in [4.78, 5) is 13.2. The molecule has 1 aliphatic heterocycles. The molecule has 35 heavy (non-hydrogen) atoms. The molecule has 0 bridgehead atoms. The smallest absolute Gasteiger partial charge is 0.299 e. The Balaban J connectivity index is 1.37. The van der Waals surface area contributed by atoms with Gasteiger partial charge in [-0.1, -0.05) is 66.2 Å². The van der Waals surface area contributed by atoms with Crippen LogP contribution in [-0.2, 0) is 5.79 Å². The van der Waals surface area contributed by atoms with Crippen molar-refractivity contribution in [2.45, 2.75) is 5.79 Å². The Morgan fingerprint density at radius 1 is 0.743 bits per heavy atom. The maximum atomic E-state index is 13.2. The minimum Gasteiger partial charge on any atom is -0.456 e. The Labute approximate surface area is 206 Å². The van der Waals surface area contributed by atoms with Crippen LogP contribution in [0.3, 0.4) is 0 Å². The minimum atomic E-state index is -1.26. The number of carbonyl (C=O) groups excluding carboxylic acids is 1. The second-order valence-corrected chi connectivity index (χ2v) is 9.02. The molecular weight excluding hydrogens is 460 g/mol. The molecule has 1 aromatic heterocycles. The van der Waals surface area contributed by atoms with E-state index in [-0.39, 0.29) is 5.78 Å². The third-order valence-electron chi connectivity index (χ3n) is 6.47. The number of halogens is 1. The molecule has 2 heterocycles. The van der Waals surface area contributed by atoms with Crippen LogP contribution >= 0.6 is 11.6 Å². The lowest BCUT2D eigenvalue weighted by atomic mass is 9.86. The van der Waals surface area contributed by atoms with Crippen molar-refractivity contribution in [1.29, 1.82) is 0 Å². The molecule has 0 unspecified atom stereocenters. The van der Waals surface area contributed by atoms with Crippen LogP contribution in [0.2, 0.25) is 5.02 Å². The van der Waals surface area contributed by atoms with Crippen LogP contribution in [0.25, 0.3) is 33.4 Å². The third-order valence-corrected chi connectivity index (χ3v) is 6.71. The van der Waals surface area contributed by atoms with E-state index in [1.54, 1.807) is 6.08 Å². The molecule has 5 aromatic rings. The summed E-state index contributed by atoms with van der Waals surface area (Å²) in [6.07, 6.45) is 3.20. The maximum Gasteiger partial charge on any atom is 0.299 e. The van der Waals surface area contributed by atoms with Crippen LogP contribution in [0.15, 0.2) is 108 Å². The molecule has 0 N–H and O–H groups in total. The van der Waals surface area contributed by atoms with Crippen LogP contribution in [0.4, 0.5) is 0 Å². The van der Waals surface area contributed by atoms with Gasteiger partial charge in [-0.05, 0) is 47.9 Å². The molecule has 5 heteroatoms. The average Bonchev–Trinajstić information content (AvgIpc) is 3.37. The molecule has 0 amide bonds. The third kappa shape index (κ3) is 3.04. The maximum absolute atomic E-state index is 13.2. The van der Waals surface area contributed by atoms with Crippen LogP contribution in [-0.4, -0.2) is 5.78 Å². The molecule has 4 nitrogen and oxygen atoms in total. The van der Waals surface area contributed by atoms with Crippen molar-refractivity contribution in [3.05, 3.63) is 119 Å². The second kappa shape index (κ2) is 7.36. The molecule has 7 rings (SSSR count). The van der Waals surface area contributed by atoms with E-state index >= 15 is 0 Å².